The van der Waals surface area contributed by atoms with Gasteiger partial charge in [0.05, 0.1) is 6.10 Å². The molecule has 0 spiro atoms. The van der Waals surface area contributed by atoms with Gasteiger partial charge in [-0.1, -0.05) is 60.1 Å². The minimum Gasteiger partial charge on any atom is -0.465 e. The second-order valence-electron chi connectivity index (χ2n) is 11.5. The van der Waals surface area contributed by atoms with Crippen molar-refractivity contribution >= 4 is 0 Å². The van der Waals surface area contributed by atoms with Crippen molar-refractivity contribution in [3.8, 4) is 5.75 Å². The summed E-state index contributed by atoms with van der Waals surface area (Å²) in [7, 11) is 0. The Morgan fingerprint density at radius 2 is 1.66 bits per heavy atom. The number of ether oxygens (including phenoxy) is 2. The fourth-order valence-electron chi connectivity index (χ4n) is 6.92. The molecule has 7 atom stereocenters. The zero-order chi connectivity index (χ0) is 20.8. The first-order chi connectivity index (χ1) is 13.8. The van der Waals surface area contributed by atoms with E-state index in [1.165, 1.54) is 37.7 Å². The molecule has 1 aromatic carbocycles. The van der Waals surface area contributed by atoms with Crippen LogP contribution in [-0.4, -0.2) is 12.4 Å². The summed E-state index contributed by atoms with van der Waals surface area (Å²) in [5.41, 5.74) is 1.69. The SMILES string of the molecule is CCC(c1ccc(OC(OC2CC3CC2C2CCCC32)C(C)C)cc1)C(C)(C)C. The molecule has 0 N–H and O–H groups in total. The highest BCUT2D eigenvalue weighted by atomic mass is 16.7. The molecule has 29 heavy (non-hydrogen) atoms. The summed E-state index contributed by atoms with van der Waals surface area (Å²) in [4.78, 5) is 0. The van der Waals surface area contributed by atoms with Crippen LogP contribution in [0, 0.1) is 35.0 Å². The van der Waals surface area contributed by atoms with Gasteiger partial charge in [-0.2, -0.15) is 0 Å². The van der Waals surface area contributed by atoms with Gasteiger partial charge in [0.2, 0.25) is 6.29 Å². The van der Waals surface area contributed by atoms with E-state index in [1.807, 2.05) is 0 Å². The fraction of sp³-hybridized carbons (Fsp3) is 0.778. The lowest BCUT2D eigenvalue weighted by atomic mass is 9.75. The zero-order valence-corrected chi connectivity index (χ0v) is 19.5. The molecule has 3 aliphatic rings. The highest BCUT2D eigenvalue weighted by Crippen LogP contribution is 2.59. The molecule has 7 unspecified atom stereocenters. The molecule has 162 valence electrons. The summed E-state index contributed by atoms with van der Waals surface area (Å²) >= 11 is 0. The highest BCUT2D eigenvalue weighted by Gasteiger charge is 2.54. The van der Waals surface area contributed by atoms with E-state index in [0.29, 0.717) is 17.9 Å². The largest absolute Gasteiger partial charge is 0.465 e. The lowest BCUT2D eigenvalue weighted by molar-refractivity contribution is -0.162. The summed E-state index contributed by atoms with van der Waals surface area (Å²) < 4.78 is 13.0. The monoisotopic (exact) mass is 398 g/mol. The molecule has 0 saturated heterocycles. The quantitative estimate of drug-likeness (QED) is 0.445. The minimum absolute atomic E-state index is 0.144. The van der Waals surface area contributed by atoms with Gasteiger partial charge in [-0.25, -0.2) is 0 Å². The highest BCUT2D eigenvalue weighted by molar-refractivity contribution is 5.30. The van der Waals surface area contributed by atoms with Crippen molar-refractivity contribution in [1.29, 1.82) is 0 Å². The van der Waals surface area contributed by atoms with E-state index in [-0.39, 0.29) is 11.7 Å². The summed E-state index contributed by atoms with van der Waals surface area (Å²) in [5, 5.41) is 0. The Bertz CT molecular complexity index is 671. The lowest BCUT2D eigenvalue weighted by Crippen LogP contribution is -2.37. The third-order valence-corrected chi connectivity index (χ3v) is 8.21. The Labute approximate surface area is 178 Å². The van der Waals surface area contributed by atoms with Crippen molar-refractivity contribution in [3.05, 3.63) is 29.8 Å². The van der Waals surface area contributed by atoms with Crippen LogP contribution in [0.1, 0.15) is 91.5 Å². The molecular formula is C27H42O2. The van der Waals surface area contributed by atoms with E-state index < -0.39 is 0 Å². The van der Waals surface area contributed by atoms with Crippen molar-refractivity contribution in [1.82, 2.24) is 0 Å². The van der Waals surface area contributed by atoms with Crippen LogP contribution < -0.4 is 4.74 Å². The molecule has 2 bridgehead atoms. The van der Waals surface area contributed by atoms with E-state index >= 15 is 0 Å². The van der Waals surface area contributed by atoms with Gasteiger partial charge in [0, 0.05) is 5.92 Å². The van der Waals surface area contributed by atoms with Gasteiger partial charge in [0.15, 0.2) is 0 Å². The molecule has 0 aromatic heterocycles. The first-order valence-corrected chi connectivity index (χ1v) is 12.2. The Morgan fingerprint density at radius 1 is 0.966 bits per heavy atom. The van der Waals surface area contributed by atoms with Crippen LogP contribution in [-0.2, 0) is 4.74 Å². The van der Waals surface area contributed by atoms with Gasteiger partial charge in [0.25, 0.3) is 0 Å². The molecule has 0 aliphatic heterocycles. The van der Waals surface area contributed by atoms with Crippen LogP contribution in [0.2, 0.25) is 0 Å². The van der Waals surface area contributed by atoms with Crippen molar-refractivity contribution < 1.29 is 9.47 Å². The Balaban J connectivity index is 1.40. The molecule has 3 saturated carbocycles. The first-order valence-electron chi connectivity index (χ1n) is 12.2. The topological polar surface area (TPSA) is 18.5 Å². The van der Waals surface area contributed by atoms with E-state index in [4.69, 9.17) is 9.47 Å². The third kappa shape index (κ3) is 4.24. The lowest BCUT2D eigenvalue weighted by Gasteiger charge is -2.35. The Morgan fingerprint density at radius 3 is 2.28 bits per heavy atom. The number of hydrogen-bond acceptors (Lipinski definition) is 2. The molecule has 2 nitrogen and oxygen atoms in total. The van der Waals surface area contributed by atoms with E-state index in [9.17, 15) is 0 Å². The predicted molar refractivity (Wildman–Crippen MR) is 120 cm³/mol. The van der Waals surface area contributed by atoms with Crippen LogP contribution in [0.3, 0.4) is 0 Å². The average Bonchev–Trinajstić information content (AvgIpc) is 3.35. The molecule has 0 radical (unpaired) electrons. The molecule has 3 fully saturated rings. The van der Waals surface area contributed by atoms with Crippen LogP contribution in [0.25, 0.3) is 0 Å². The molecule has 0 amide bonds. The van der Waals surface area contributed by atoms with E-state index in [1.54, 1.807) is 0 Å². The average molecular weight is 399 g/mol. The Hall–Kier alpha value is -1.02. The predicted octanol–water partition coefficient (Wildman–Crippen LogP) is 7.43. The number of fused-ring (bicyclic) bond motifs is 5. The molecule has 1 aromatic rings. The molecule has 0 heterocycles. The van der Waals surface area contributed by atoms with Crippen LogP contribution in [0.5, 0.6) is 5.75 Å². The van der Waals surface area contributed by atoms with Gasteiger partial charge in [-0.05, 0) is 84.8 Å². The van der Waals surface area contributed by atoms with E-state index in [2.05, 4.69) is 65.8 Å². The maximum atomic E-state index is 6.65. The molecule has 4 rings (SSSR count). The second-order valence-corrected chi connectivity index (χ2v) is 11.5. The molecular weight excluding hydrogens is 356 g/mol. The number of rotatable bonds is 7. The smallest absolute Gasteiger partial charge is 0.202 e. The maximum absolute atomic E-state index is 6.65. The van der Waals surface area contributed by atoms with Gasteiger partial charge in [0.1, 0.15) is 5.75 Å². The summed E-state index contributed by atoms with van der Waals surface area (Å²) in [6.45, 7) is 13.7. The van der Waals surface area contributed by atoms with Gasteiger partial charge < -0.3 is 9.47 Å². The number of hydrogen-bond donors (Lipinski definition) is 0. The van der Waals surface area contributed by atoms with Crippen LogP contribution >= 0.6 is 0 Å². The first kappa shape index (κ1) is 21.2. The second kappa shape index (κ2) is 8.25. The fourth-order valence-corrected chi connectivity index (χ4v) is 6.92. The van der Waals surface area contributed by atoms with Crippen molar-refractivity contribution in [2.24, 2.45) is 35.0 Å². The van der Waals surface area contributed by atoms with Crippen LogP contribution in [0.4, 0.5) is 0 Å². The summed E-state index contributed by atoms with van der Waals surface area (Å²) in [6, 6.07) is 8.81. The Kier molecular flexibility index (Phi) is 6.04. The number of benzene rings is 1. The molecule has 3 aliphatic carbocycles. The summed E-state index contributed by atoms with van der Waals surface area (Å²) in [5.74, 6) is 5.53. The summed E-state index contributed by atoms with van der Waals surface area (Å²) in [6.07, 6.45) is 8.46. The van der Waals surface area contributed by atoms with Crippen LogP contribution in [0.15, 0.2) is 24.3 Å². The van der Waals surface area contributed by atoms with Gasteiger partial charge in [-0.3, -0.25) is 0 Å². The van der Waals surface area contributed by atoms with Gasteiger partial charge in [-0.15, -0.1) is 0 Å². The zero-order valence-electron chi connectivity index (χ0n) is 19.5. The van der Waals surface area contributed by atoms with Gasteiger partial charge >= 0.3 is 0 Å². The van der Waals surface area contributed by atoms with Crippen molar-refractivity contribution in [2.75, 3.05) is 0 Å². The van der Waals surface area contributed by atoms with E-state index in [0.717, 1.165) is 35.8 Å². The standard InChI is InChI=1S/C27H42O2/c1-7-24(27(4,5)6)18-11-13-20(14-12-18)28-26(17(2)3)29-25-16-19-15-23(25)22-10-8-9-21(19)22/h11-14,17,19,21-26H,7-10,15-16H2,1-6H3. The normalized spacial score (nSPS) is 33.1. The van der Waals surface area contributed by atoms with Crippen molar-refractivity contribution in [3.63, 3.8) is 0 Å². The molecule has 2 heteroatoms. The minimum atomic E-state index is -0.144. The maximum Gasteiger partial charge on any atom is 0.202 e. The third-order valence-electron chi connectivity index (χ3n) is 8.21. The van der Waals surface area contributed by atoms with Crippen molar-refractivity contribution in [2.45, 2.75) is 98.4 Å².